The molecular formula is C26H32BrNO3. The first kappa shape index (κ1) is 22.3. The molecule has 1 aromatic carbocycles. The number of benzene rings is 1. The van der Waals surface area contributed by atoms with Crippen LogP contribution in [-0.2, 0) is 9.59 Å². The Morgan fingerprint density at radius 3 is 2.23 bits per heavy atom. The molecule has 0 radical (unpaired) electrons. The summed E-state index contributed by atoms with van der Waals surface area (Å²) in [6.45, 7) is 2.85. The SMILES string of the molecule is CCCCCCOc1ccc(Br)cc1C1C2=C(CCCC2=O)N(C)C2=C1C(=O)CCC2. The number of nitrogens with zero attached hydrogens (tertiary/aromatic N) is 1. The fourth-order valence-corrected chi connectivity index (χ4v) is 5.63. The van der Waals surface area contributed by atoms with Crippen molar-refractivity contribution in [1.29, 1.82) is 0 Å². The predicted molar refractivity (Wildman–Crippen MR) is 126 cm³/mol. The molecule has 0 N–H and O–H groups in total. The van der Waals surface area contributed by atoms with Crippen molar-refractivity contribution in [3.8, 4) is 5.75 Å². The van der Waals surface area contributed by atoms with E-state index in [1.54, 1.807) is 0 Å². The number of hydrogen-bond acceptors (Lipinski definition) is 4. The Kier molecular flexibility index (Phi) is 7.00. The van der Waals surface area contributed by atoms with Gasteiger partial charge in [-0.15, -0.1) is 0 Å². The largest absolute Gasteiger partial charge is 0.493 e. The van der Waals surface area contributed by atoms with Crippen LogP contribution in [0.25, 0.3) is 0 Å². The molecule has 0 atom stereocenters. The van der Waals surface area contributed by atoms with Crippen LogP contribution in [0.3, 0.4) is 0 Å². The summed E-state index contributed by atoms with van der Waals surface area (Å²) in [5.41, 5.74) is 4.78. The van der Waals surface area contributed by atoms with E-state index in [1.807, 2.05) is 19.2 Å². The lowest BCUT2D eigenvalue weighted by Crippen LogP contribution is -2.37. The smallest absolute Gasteiger partial charge is 0.161 e. The summed E-state index contributed by atoms with van der Waals surface area (Å²) in [7, 11) is 2.03. The number of ketones is 2. The number of ether oxygens (including phenoxy) is 1. The van der Waals surface area contributed by atoms with Crippen LogP contribution in [0.2, 0.25) is 0 Å². The molecule has 0 saturated heterocycles. The van der Waals surface area contributed by atoms with Crippen LogP contribution in [0.1, 0.15) is 82.6 Å². The highest BCUT2D eigenvalue weighted by Gasteiger charge is 2.43. The van der Waals surface area contributed by atoms with Gasteiger partial charge < -0.3 is 9.64 Å². The number of rotatable bonds is 7. The summed E-state index contributed by atoms with van der Waals surface area (Å²) >= 11 is 3.62. The molecule has 0 spiro atoms. The highest BCUT2D eigenvalue weighted by Crippen LogP contribution is 2.50. The van der Waals surface area contributed by atoms with E-state index in [0.29, 0.717) is 19.4 Å². The topological polar surface area (TPSA) is 46.6 Å². The van der Waals surface area contributed by atoms with Crippen LogP contribution < -0.4 is 4.74 Å². The maximum absolute atomic E-state index is 13.2. The maximum Gasteiger partial charge on any atom is 0.161 e. The molecule has 0 bridgehead atoms. The van der Waals surface area contributed by atoms with Gasteiger partial charge in [0.1, 0.15) is 5.75 Å². The van der Waals surface area contributed by atoms with Crippen LogP contribution in [-0.4, -0.2) is 30.1 Å². The molecule has 0 unspecified atom stereocenters. The summed E-state index contributed by atoms with van der Waals surface area (Å²) in [6.07, 6.45) is 9.21. The lowest BCUT2D eigenvalue weighted by Gasteiger charge is -2.42. The molecule has 166 valence electrons. The van der Waals surface area contributed by atoms with E-state index < -0.39 is 0 Å². The Morgan fingerprint density at radius 2 is 1.61 bits per heavy atom. The summed E-state index contributed by atoms with van der Waals surface area (Å²) in [4.78, 5) is 28.5. The number of allylic oxidation sites excluding steroid dienone is 4. The van der Waals surface area contributed by atoms with Gasteiger partial charge in [0.15, 0.2) is 11.6 Å². The monoisotopic (exact) mass is 485 g/mol. The number of hydrogen-bond donors (Lipinski definition) is 0. The molecule has 5 heteroatoms. The first-order valence-corrected chi connectivity index (χ1v) is 12.5. The van der Waals surface area contributed by atoms with Gasteiger partial charge in [0.2, 0.25) is 0 Å². The summed E-state index contributed by atoms with van der Waals surface area (Å²) in [5, 5.41) is 0. The number of carbonyl (C=O) groups excluding carboxylic acids is 2. The van der Waals surface area contributed by atoms with Gasteiger partial charge in [-0.1, -0.05) is 42.1 Å². The van der Waals surface area contributed by atoms with Crippen LogP contribution in [0.15, 0.2) is 45.2 Å². The Bertz CT molecular complexity index is 902. The molecule has 1 heterocycles. The standard InChI is InChI=1S/C26H32BrNO3/c1-3-4-5-6-15-31-23-14-13-17(27)16-18(23)24-25-19(9-7-11-21(25)29)28(2)20-10-8-12-22(30)26(20)24/h13-14,16,24H,3-12,15H2,1-2H3. The molecule has 4 nitrogen and oxygen atoms in total. The Hall–Kier alpha value is -1.88. The van der Waals surface area contributed by atoms with E-state index in [1.165, 1.54) is 12.8 Å². The maximum atomic E-state index is 13.2. The van der Waals surface area contributed by atoms with E-state index in [9.17, 15) is 9.59 Å². The minimum atomic E-state index is -0.315. The Labute approximate surface area is 193 Å². The Morgan fingerprint density at radius 1 is 0.968 bits per heavy atom. The van der Waals surface area contributed by atoms with Gasteiger partial charge in [-0.25, -0.2) is 0 Å². The van der Waals surface area contributed by atoms with Crippen molar-refractivity contribution < 1.29 is 14.3 Å². The minimum Gasteiger partial charge on any atom is -0.493 e. The zero-order valence-electron chi connectivity index (χ0n) is 18.6. The molecule has 3 aliphatic rings. The normalized spacial score (nSPS) is 19.6. The van der Waals surface area contributed by atoms with Gasteiger partial charge in [-0.2, -0.15) is 0 Å². The molecule has 0 fully saturated rings. The average Bonchev–Trinajstić information content (AvgIpc) is 2.76. The highest BCUT2D eigenvalue weighted by molar-refractivity contribution is 9.10. The van der Waals surface area contributed by atoms with Gasteiger partial charge in [-0.05, 0) is 50.3 Å². The van der Waals surface area contributed by atoms with E-state index in [-0.39, 0.29) is 17.5 Å². The van der Waals surface area contributed by atoms with E-state index in [2.05, 4.69) is 33.8 Å². The zero-order valence-corrected chi connectivity index (χ0v) is 20.2. The van der Waals surface area contributed by atoms with Crippen molar-refractivity contribution in [2.45, 2.75) is 77.0 Å². The predicted octanol–water partition coefficient (Wildman–Crippen LogP) is 6.45. The third-order valence-electron chi connectivity index (χ3n) is 6.78. The molecule has 1 aromatic rings. The van der Waals surface area contributed by atoms with Crippen molar-refractivity contribution in [1.82, 2.24) is 4.90 Å². The molecule has 0 amide bonds. The lowest BCUT2D eigenvalue weighted by molar-refractivity contribution is -0.117. The van der Waals surface area contributed by atoms with Gasteiger partial charge in [0.05, 0.1) is 6.61 Å². The second-order valence-corrected chi connectivity index (χ2v) is 9.77. The first-order chi connectivity index (χ1) is 15.0. The van der Waals surface area contributed by atoms with Crippen LogP contribution >= 0.6 is 15.9 Å². The second kappa shape index (κ2) is 9.72. The fourth-order valence-electron chi connectivity index (χ4n) is 5.25. The van der Waals surface area contributed by atoms with Crippen molar-refractivity contribution in [3.05, 3.63) is 50.8 Å². The number of carbonyl (C=O) groups is 2. The van der Waals surface area contributed by atoms with Crippen LogP contribution in [0, 0.1) is 0 Å². The molecule has 4 rings (SSSR count). The van der Waals surface area contributed by atoms with Gasteiger partial charge >= 0.3 is 0 Å². The van der Waals surface area contributed by atoms with E-state index >= 15 is 0 Å². The molecule has 1 aliphatic heterocycles. The molecule has 31 heavy (non-hydrogen) atoms. The third kappa shape index (κ3) is 4.39. The lowest BCUT2D eigenvalue weighted by atomic mass is 9.71. The third-order valence-corrected chi connectivity index (χ3v) is 7.28. The molecule has 0 aromatic heterocycles. The number of halogens is 1. The highest BCUT2D eigenvalue weighted by atomic mass is 79.9. The molecular weight excluding hydrogens is 454 g/mol. The average molecular weight is 486 g/mol. The number of Topliss-reactive ketones (excluding diaryl/α,β-unsaturated/α-hetero) is 2. The quantitative estimate of drug-likeness (QED) is 0.416. The van der Waals surface area contributed by atoms with Crippen LogP contribution in [0.4, 0.5) is 0 Å². The minimum absolute atomic E-state index is 0.178. The number of unbranched alkanes of at least 4 members (excludes halogenated alkanes) is 3. The van der Waals surface area contributed by atoms with Gasteiger partial charge in [-0.3, -0.25) is 9.59 Å². The van der Waals surface area contributed by atoms with Crippen LogP contribution in [0.5, 0.6) is 5.75 Å². The summed E-state index contributed by atoms with van der Waals surface area (Å²) < 4.78 is 7.19. The van der Waals surface area contributed by atoms with Crippen molar-refractivity contribution >= 4 is 27.5 Å². The zero-order chi connectivity index (χ0) is 22.0. The summed E-state index contributed by atoms with van der Waals surface area (Å²) in [5.74, 6) is 0.837. The van der Waals surface area contributed by atoms with E-state index in [0.717, 1.165) is 76.9 Å². The van der Waals surface area contributed by atoms with Gasteiger partial charge in [0, 0.05) is 58.4 Å². The van der Waals surface area contributed by atoms with E-state index in [4.69, 9.17) is 4.74 Å². The summed E-state index contributed by atoms with van der Waals surface area (Å²) in [6, 6.07) is 6.02. The molecule has 0 saturated carbocycles. The first-order valence-electron chi connectivity index (χ1n) is 11.7. The van der Waals surface area contributed by atoms with Gasteiger partial charge in [0.25, 0.3) is 0 Å². The Balaban J connectivity index is 1.79. The molecule has 2 aliphatic carbocycles. The van der Waals surface area contributed by atoms with Crippen molar-refractivity contribution in [3.63, 3.8) is 0 Å². The second-order valence-electron chi connectivity index (χ2n) is 8.86. The van der Waals surface area contributed by atoms with Crippen molar-refractivity contribution in [2.75, 3.05) is 13.7 Å². The van der Waals surface area contributed by atoms with Crippen molar-refractivity contribution in [2.24, 2.45) is 0 Å². The fraction of sp³-hybridized carbons (Fsp3) is 0.538.